The SMILES string of the molecule is C=CCN(C(=O)C1N([C@@H](CO)[C@@H](C)CC)C(=O)[C@@H]2[C@H](C(=O)OCC)[C@@]3(C)OC12CC3C)C(C)(C)C. The van der Waals surface area contributed by atoms with Gasteiger partial charge in [0.15, 0.2) is 0 Å². The van der Waals surface area contributed by atoms with Gasteiger partial charge >= 0.3 is 5.97 Å². The molecule has 0 aromatic heterocycles. The molecule has 8 nitrogen and oxygen atoms in total. The highest BCUT2D eigenvalue weighted by atomic mass is 16.6. The number of aliphatic hydroxyl groups excluding tert-OH is 1. The van der Waals surface area contributed by atoms with E-state index in [0.29, 0.717) is 13.0 Å². The van der Waals surface area contributed by atoms with E-state index in [1.807, 2.05) is 48.5 Å². The lowest BCUT2D eigenvalue weighted by Gasteiger charge is -2.44. The highest BCUT2D eigenvalue weighted by Gasteiger charge is 2.81. The van der Waals surface area contributed by atoms with Gasteiger partial charge < -0.3 is 24.4 Å². The average Bonchev–Trinajstić information content (AvgIpc) is 3.28. The van der Waals surface area contributed by atoms with E-state index >= 15 is 0 Å². The summed E-state index contributed by atoms with van der Waals surface area (Å²) in [6, 6.07) is -1.52. The third-order valence-electron chi connectivity index (χ3n) is 8.76. The minimum Gasteiger partial charge on any atom is -0.466 e. The van der Waals surface area contributed by atoms with Gasteiger partial charge in [0.1, 0.15) is 17.6 Å². The van der Waals surface area contributed by atoms with Crippen molar-refractivity contribution in [2.75, 3.05) is 19.8 Å². The van der Waals surface area contributed by atoms with E-state index in [1.165, 1.54) is 0 Å². The summed E-state index contributed by atoms with van der Waals surface area (Å²) in [5.74, 6) is -2.76. The maximum Gasteiger partial charge on any atom is 0.312 e. The van der Waals surface area contributed by atoms with Gasteiger partial charge in [-0.2, -0.15) is 0 Å². The fourth-order valence-corrected chi connectivity index (χ4v) is 6.69. The maximum atomic E-state index is 14.4. The fourth-order valence-electron chi connectivity index (χ4n) is 6.69. The molecular weight excluding hydrogens is 448 g/mol. The van der Waals surface area contributed by atoms with Crippen LogP contribution in [0, 0.1) is 23.7 Å². The zero-order valence-electron chi connectivity index (χ0n) is 22.7. The van der Waals surface area contributed by atoms with Crippen LogP contribution in [0.3, 0.4) is 0 Å². The van der Waals surface area contributed by atoms with Gasteiger partial charge in [-0.15, -0.1) is 6.58 Å². The molecule has 1 spiro atoms. The van der Waals surface area contributed by atoms with E-state index in [0.717, 1.165) is 6.42 Å². The third kappa shape index (κ3) is 4.01. The molecular formula is C27H44N2O6. The molecule has 35 heavy (non-hydrogen) atoms. The Morgan fingerprint density at radius 3 is 2.49 bits per heavy atom. The highest BCUT2D eigenvalue weighted by Crippen LogP contribution is 2.66. The molecule has 0 aromatic rings. The molecule has 2 amide bonds. The summed E-state index contributed by atoms with van der Waals surface area (Å²) in [5.41, 5.74) is -2.61. The fraction of sp³-hybridized carbons (Fsp3) is 0.815. The second kappa shape index (κ2) is 9.51. The number of amides is 2. The van der Waals surface area contributed by atoms with Crippen molar-refractivity contribution in [3.8, 4) is 0 Å². The van der Waals surface area contributed by atoms with Crippen molar-refractivity contribution in [1.82, 2.24) is 9.80 Å². The van der Waals surface area contributed by atoms with Crippen LogP contribution in [0.25, 0.3) is 0 Å². The number of nitrogens with zero attached hydrogens (tertiary/aromatic N) is 2. The smallest absolute Gasteiger partial charge is 0.312 e. The predicted molar refractivity (Wildman–Crippen MR) is 132 cm³/mol. The minimum absolute atomic E-state index is 0.0526. The molecule has 3 aliphatic rings. The molecule has 198 valence electrons. The Morgan fingerprint density at radius 1 is 1.37 bits per heavy atom. The molecule has 1 N–H and O–H groups in total. The summed E-state index contributed by atoms with van der Waals surface area (Å²) < 4.78 is 12.2. The predicted octanol–water partition coefficient (Wildman–Crippen LogP) is 2.78. The normalized spacial score (nSPS) is 35.6. The van der Waals surface area contributed by atoms with Crippen LogP contribution in [-0.4, -0.2) is 81.3 Å². The van der Waals surface area contributed by atoms with Gasteiger partial charge in [0.05, 0.1) is 30.8 Å². The molecule has 8 atom stereocenters. The van der Waals surface area contributed by atoms with Gasteiger partial charge in [-0.3, -0.25) is 14.4 Å². The number of hydrogen-bond acceptors (Lipinski definition) is 6. The number of carbonyl (C=O) groups is 3. The number of ether oxygens (including phenoxy) is 2. The van der Waals surface area contributed by atoms with Crippen LogP contribution in [0.15, 0.2) is 12.7 Å². The van der Waals surface area contributed by atoms with Crippen molar-refractivity contribution in [2.45, 2.75) is 97.1 Å². The second-order valence-electron chi connectivity index (χ2n) is 11.7. The monoisotopic (exact) mass is 492 g/mol. The van der Waals surface area contributed by atoms with Crippen LogP contribution in [0.2, 0.25) is 0 Å². The minimum atomic E-state index is -1.16. The van der Waals surface area contributed by atoms with Gasteiger partial charge in [-0.25, -0.2) is 0 Å². The van der Waals surface area contributed by atoms with Crippen LogP contribution in [-0.2, 0) is 23.9 Å². The van der Waals surface area contributed by atoms with Gasteiger partial charge in [-0.1, -0.05) is 33.3 Å². The van der Waals surface area contributed by atoms with Gasteiger partial charge in [0.2, 0.25) is 11.8 Å². The molecule has 8 heteroatoms. The summed E-state index contributed by atoms with van der Waals surface area (Å²) in [7, 11) is 0. The first-order valence-corrected chi connectivity index (χ1v) is 13.0. The van der Waals surface area contributed by atoms with Crippen molar-refractivity contribution in [3.63, 3.8) is 0 Å². The van der Waals surface area contributed by atoms with Crippen molar-refractivity contribution >= 4 is 17.8 Å². The molecule has 0 aromatic carbocycles. The standard InChI is InChI=1S/C27H44N2O6/c1-10-13-28(25(6,7)8)23(32)21-27-14-17(5)26(9,35-27)20(24(33)34-12-3)19(27)22(31)29(21)18(15-30)16(4)11-2/h10,16-21,30H,1,11-15H2,2-9H3/t16-,17?,18-,19-,20+,21?,26-,27?/m0/s1. The summed E-state index contributed by atoms with van der Waals surface area (Å²) >= 11 is 0. The Balaban J connectivity index is 2.23. The number of rotatable bonds is 9. The quantitative estimate of drug-likeness (QED) is 0.393. The molecule has 0 saturated carbocycles. The van der Waals surface area contributed by atoms with E-state index < -0.39 is 46.6 Å². The van der Waals surface area contributed by atoms with Crippen molar-refractivity contribution in [3.05, 3.63) is 12.7 Å². The second-order valence-corrected chi connectivity index (χ2v) is 11.7. The highest BCUT2D eigenvalue weighted by molar-refractivity contribution is 5.99. The first-order chi connectivity index (χ1) is 16.3. The molecule has 0 radical (unpaired) electrons. The van der Waals surface area contributed by atoms with Crippen molar-refractivity contribution in [2.24, 2.45) is 23.7 Å². The van der Waals surface area contributed by atoms with Crippen LogP contribution >= 0.6 is 0 Å². The number of carbonyl (C=O) groups excluding carboxylic acids is 3. The summed E-state index contributed by atoms with van der Waals surface area (Å²) in [5, 5.41) is 10.4. The molecule has 3 aliphatic heterocycles. The molecule has 2 bridgehead atoms. The van der Waals surface area contributed by atoms with E-state index in [4.69, 9.17) is 9.47 Å². The first kappa shape index (κ1) is 27.7. The van der Waals surface area contributed by atoms with Crippen LogP contribution in [0.5, 0.6) is 0 Å². The van der Waals surface area contributed by atoms with Crippen LogP contribution in [0.1, 0.15) is 68.2 Å². The van der Waals surface area contributed by atoms with Crippen molar-refractivity contribution in [1.29, 1.82) is 0 Å². The Labute approximate surface area is 210 Å². The number of hydrogen-bond donors (Lipinski definition) is 1. The number of fused-ring (bicyclic) bond motifs is 1. The van der Waals surface area contributed by atoms with E-state index in [-0.39, 0.29) is 36.9 Å². The Kier molecular flexibility index (Phi) is 7.51. The molecule has 3 fully saturated rings. The van der Waals surface area contributed by atoms with Gasteiger partial charge in [0.25, 0.3) is 0 Å². The topological polar surface area (TPSA) is 96.4 Å². The van der Waals surface area contributed by atoms with E-state index in [2.05, 4.69) is 6.58 Å². The Bertz CT molecular complexity index is 868. The van der Waals surface area contributed by atoms with Gasteiger partial charge in [0, 0.05) is 12.1 Å². The lowest BCUT2D eigenvalue weighted by Crippen LogP contribution is -2.62. The average molecular weight is 493 g/mol. The van der Waals surface area contributed by atoms with Crippen molar-refractivity contribution < 1.29 is 29.0 Å². The van der Waals surface area contributed by atoms with Crippen LogP contribution in [0.4, 0.5) is 0 Å². The third-order valence-corrected chi connectivity index (χ3v) is 8.76. The number of esters is 1. The summed E-state index contributed by atoms with van der Waals surface area (Å²) in [6.07, 6.45) is 2.88. The largest absolute Gasteiger partial charge is 0.466 e. The molecule has 3 unspecified atom stereocenters. The zero-order valence-corrected chi connectivity index (χ0v) is 22.7. The zero-order chi connectivity index (χ0) is 26.5. The summed E-state index contributed by atoms with van der Waals surface area (Å²) in [6.45, 7) is 19.5. The number of aliphatic hydroxyl groups is 1. The van der Waals surface area contributed by atoms with Gasteiger partial charge in [-0.05, 0) is 52.9 Å². The number of likely N-dealkylation sites (tertiary alicyclic amines) is 1. The first-order valence-electron chi connectivity index (χ1n) is 13.0. The lowest BCUT2D eigenvalue weighted by molar-refractivity contribution is -0.165. The van der Waals surface area contributed by atoms with E-state index in [9.17, 15) is 19.5 Å². The Morgan fingerprint density at radius 2 is 2.00 bits per heavy atom. The molecule has 3 saturated heterocycles. The van der Waals surface area contributed by atoms with Crippen LogP contribution < -0.4 is 0 Å². The summed E-state index contributed by atoms with van der Waals surface area (Å²) in [4.78, 5) is 45.2. The molecule has 3 rings (SSSR count). The molecule has 0 aliphatic carbocycles. The molecule has 3 heterocycles. The maximum absolute atomic E-state index is 14.4. The lowest BCUT2D eigenvalue weighted by atomic mass is 9.62. The van der Waals surface area contributed by atoms with E-state index in [1.54, 1.807) is 22.8 Å². The Hall–Kier alpha value is -1.93.